The van der Waals surface area contributed by atoms with Crippen LogP contribution in [0.3, 0.4) is 0 Å². The van der Waals surface area contributed by atoms with Crippen molar-refractivity contribution >= 4 is 12.3 Å². The summed E-state index contributed by atoms with van der Waals surface area (Å²) < 4.78 is 19.8. The summed E-state index contributed by atoms with van der Waals surface area (Å²) in [6.07, 6.45) is 11.0. The molecule has 1 aliphatic heterocycles. The molecular weight excluding hydrogens is 397 g/mol. The lowest BCUT2D eigenvalue weighted by atomic mass is 10.0. The van der Waals surface area contributed by atoms with Crippen LogP contribution in [0.4, 0.5) is 4.39 Å². The van der Waals surface area contributed by atoms with Crippen LogP contribution in [0, 0.1) is 17.7 Å². The Bertz CT molecular complexity index is 764. The van der Waals surface area contributed by atoms with Gasteiger partial charge in [-0.15, -0.1) is 0 Å². The average molecular weight is 434 g/mol. The van der Waals surface area contributed by atoms with E-state index in [0.717, 1.165) is 43.7 Å². The van der Waals surface area contributed by atoms with Crippen molar-refractivity contribution in [3.05, 3.63) is 29.1 Å². The van der Waals surface area contributed by atoms with Gasteiger partial charge in [-0.2, -0.15) is 0 Å². The van der Waals surface area contributed by atoms with Crippen LogP contribution < -0.4 is 4.74 Å². The number of hydrogen-bond donors (Lipinski definition) is 1. The minimum absolute atomic E-state index is 0.151. The van der Waals surface area contributed by atoms with Gasteiger partial charge in [0.05, 0.1) is 12.2 Å². The summed E-state index contributed by atoms with van der Waals surface area (Å²) in [7, 11) is 1.85. The predicted octanol–water partition coefficient (Wildman–Crippen LogP) is 5.28. The van der Waals surface area contributed by atoms with Gasteiger partial charge in [0.2, 0.25) is 0 Å². The van der Waals surface area contributed by atoms with E-state index in [-0.39, 0.29) is 11.6 Å². The molecular formula is C25H36FNO4. The molecule has 172 valence electrons. The number of hydrogen-bond acceptors (Lipinski definition) is 4. The van der Waals surface area contributed by atoms with Gasteiger partial charge in [-0.05, 0) is 81.5 Å². The molecule has 0 spiro atoms. The van der Waals surface area contributed by atoms with Crippen LogP contribution in [0.2, 0.25) is 0 Å². The van der Waals surface area contributed by atoms with Crippen LogP contribution in [-0.4, -0.2) is 48.5 Å². The zero-order valence-corrected chi connectivity index (χ0v) is 18.8. The Morgan fingerprint density at radius 1 is 1.23 bits per heavy atom. The van der Waals surface area contributed by atoms with E-state index in [1.807, 2.05) is 11.9 Å². The third-order valence-electron chi connectivity index (χ3n) is 6.90. The first-order chi connectivity index (χ1) is 14.9. The predicted molar refractivity (Wildman–Crippen MR) is 118 cm³/mol. The fraction of sp³-hybridized carbons (Fsp3) is 0.680. The molecule has 31 heavy (non-hydrogen) atoms. The number of benzene rings is 1. The second-order valence-corrected chi connectivity index (χ2v) is 9.43. The van der Waals surface area contributed by atoms with Crippen molar-refractivity contribution in [3.8, 4) is 5.75 Å². The zero-order chi connectivity index (χ0) is 22.4. The largest absolute Gasteiger partial charge is 0.493 e. The topological polar surface area (TPSA) is 66.8 Å². The molecule has 2 aliphatic carbocycles. The maximum Gasteiger partial charge on any atom is 0.320 e. The van der Waals surface area contributed by atoms with E-state index < -0.39 is 11.8 Å². The van der Waals surface area contributed by atoms with Gasteiger partial charge in [-0.25, -0.2) is 4.39 Å². The Balaban J connectivity index is 0.000000254. The molecule has 6 heteroatoms. The number of nitrogens with zero attached hydrogens (tertiary/aromatic N) is 1. The molecule has 0 radical (unpaired) electrons. The summed E-state index contributed by atoms with van der Waals surface area (Å²) in [6, 6.07) is 2.88. The number of likely N-dealkylation sites (N-methyl/N-ethyl adjacent to an activating group) is 1. The van der Waals surface area contributed by atoms with Crippen LogP contribution >= 0.6 is 0 Å². The van der Waals surface area contributed by atoms with E-state index in [2.05, 4.69) is 6.92 Å². The van der Waals surface area contributed by atoms with Gasteiger partial charge < -0.3 is 9.84 Å². The molecule has 1 aromatic carbocycles. The van der Waals surface area contributed by atoms with Gasteiger partial charge in [-0.1, -0.05) is 26.2 Å². The Hall–Kier alpha value is -1.95. The summed E-state index contributed by atoms with van der Waals surface area (Å²) in [5.74, 6) is 1.39. The molecule has 3 unspecified atom stereocenters. The van der Waals surface area contributed by atoms with E-state index in [4.69, 9.17) is 9.84 Å². The normalized spacial score (nSPS) is 25.7. The van der Waals surface area contributed by atoms with Gasteiger partial charge >= 0.3 is 5.97 Å². The van der Waals surface area contributed by atoms with Gasteiger partial charge in [0.1, 0.15) is 17.6 Å². The highest BCUT2D eigenvalue weighted by Crippen LogP contribution is 2.45. The van der Waals surface area contributed by atoms with E-state index in [0.29, 0.717) is 30.5 Å². The van der Waals surface area contributed by atoms with Crippen LogP contribution in [-0.2, 0) is 4.79 Å². The standard InChI is InChI=1S/C19H25FO2.C6H11NO2/c1-2-3-13-4-5-14(8-13)12-22-19-10-18(20)16(11-21)9-17(19)15-6-7-15;1-7-4-2-3-5(7)6(8)9/h9-11,13-15H,2-8,12H2,1H3;5H,2-4H2,1H3,(H,8,9). The van der Waals surface area contributed by atoms with E-state index >= 15 is 0 Å². The Morgan fingerprint density at radius 2 is 1.97 bits per heavy atom. The maximum atomic E-state index is 13.9. The average Bonchev–Trinajstić information content (AvgIpc) is 3.33. The molecule has 1 aromatic rings. The Labute approximate surface area is 185 Å². The second-order valence-electron chi connectivity index (χ2n) is 9.43. The summed E-state index contributed by atoms with van der Waals surface area (Å²) in [5.41, 5.74) is 1.17. The van der Waals surface area contributed by atoms with Crippen molar-refractivity contribution in [2.24, 2.45) is 11.8 Å². The minimum Gasteiger partial charge on any atom is -0.493 e. The van der Waals surface area contributed by atoms with Crippen molar-refractivity contribution in [3.63, 3.8) is 0 Å². The molecule has 1 heterocycles. The van der Waals surface area contributed by atoms with E-state index in [1.165, 1.54) is 38.2 Å². The number of aldehydes is 1. The van der Waals surface area contributed by atoms with E-state index in [1.54, 1.807) is 6.07 Å². The number of likely N-dealkylation sites (tertiary alicyclic amines) is 1. The first-order valence-corrected chi connectivity index (χ1v) is 11.8. The van der Waals surface area contributed by atoms with E-state index in [9.17, 15) is 14.0 Å². The third-order valence-corrected chi connectivity index (χ3v) is 6.90. The van der Waals surface area contributed by atoms with Crippen LogP contribution in [0.15, 0.2) is 12.1 Å². The lowest BCUT2D eigenvalue weighted by Gasteiger charge is -2.16. The quantitative estimate of drug-likeness (QED) is 0.565. The molecule has 0 aromatic heterocycles. The van der Waals surface area contributed by atoms with Crippen LogP contribution in [0.1, 0.15) is 86.6 Å². The summed E-state index contributed by atoms with van der Waals surface area (Å²) >= 11 is 0. The zero-order valence-electron chi connectivity index (χ0n) is 18.8. The third kappa shape index (κ3) is 6.52. The number of carboxylic acids is 1. The second kappa shape index (κ2) is 11.1. The molecule has 5 nitrogen and oxygen atoms in total. The SMILES string of the molecule is CCCC1CCC(COc2cc(F)c(C=O)cc2C2CC2)C1.CN1CCCC1C(=O)O. The molecule has 2 saturated carbocycles. The van der Waals surface area contributed by atoms with Crippen LogP contribution in [0.25, 0.3) is 0 Å². The molecule has 4 rings (SSSR count). The maximum absolute atomic E-state index is 13.9. The monoisotopic (exact) mass is 433 g/mol. The van der Waals surface area contributed by atoms with Gasteiger partial charge in [0.15, 0.2) is 6.29 Å². The number of carbonyl (C=O) groups is 2. The molecule has 3 fully saturated rings. The molecule has 0 amide bonds. The Kier molecular flexibility index (Phi) is 8.47. The van der Waals surface area contributed by atoms with Gasteiger partial charge in [0, 0.05) is 6.07 Å². The summed E-state index contributed by atoms with van der Waals surface area (Å²) in [5, 5.41) is 8.54. The highest BCUT2D eigenvalue weighted by atomic mass is 19.1. The fourth-order valence-electron chi connectivity index (χ4n) is 4.95. The molecule has 3 aliphatic rings. The summed E-state index contributed by atoms with van der Waals surface area (Å²) in [6.45, 7) is 3.85. The fourth-order valence-corrected chi connectivity index (χ4v) is 4.95. The number of carboxylic acid groups (broad SMARTS) is 1. The highest BCUT2D eigenvalue weighted by Gasteiger charge is 2.30. The van der Waals surface area contributed by atoms with Crippen molar-refractivity contribution in [2.75, 3.05) is 20.2 Å². The minimum atomic E-state index is -0.685. The van der Waals surface area contributed by atoms with Crippen molar-refractivity contribution in [2.45, 2.75) is 76.7 Å². The van der Waals surface area contributed by atoms with Crippen molar-refractivity contribution in [1.29, 1.82) is 0 Å². The van der Waals surface area contributed by atoms with Gasteiger partial charge in [0.25, 0.3) is 0 Å². The van der Waals surface area contributed by atoms with Crippen molar-refractivity contribution < 1.29 is 23.8 Å². The first-order valence-electron chi connectivity index (χ1n) is 11.8. The molecule has 3 atom stereocenters. The lowest BCUT2D eigenvalue weighted by Crippen LogP contribution is -2.32. The smallest absolute Gasteiger partial charge is 0.320 e. The Morgan fingerprint density at radius 3 is 2.52 bits per heavy atom. The van der Waals surface area contributed by atoms with Crippen molar-refractivity contribution in [1.82, 2.24) is 4.90 Å². The molecule has 1 saturated heterocycles. The number of aliphatic carboxylic acids is 1. The lowest BCUT2D eigenvalue weighted by molar-refractivity contribution is -0.141. The van der Waals surface area contributed by atoms with Crippen LogP contribution in [0.5, 0.6) is 5.75 Å². The summed E-state index contributed by atoms with van der Waals surface area (Å²) in [4.78, 5) is 23.2. The number of halogens is 1. The number of rotatable bonds is 8. The molecule has 1 N–H and O–H groups in total. The van der Waals surface area contributed by atoms with Gasteiger partial charge in [-0.3, -0.25) is 14.5 Å². The number of ether oxygens (including phenoxy) is 1. The molecule has 0 bridgehead atoms. The first kappa shape index (κ1) is 23.7. The highest BCUT2D eigenvalue weighted by molar-refractivity contribution is 5.76. The number of carbonyl (C=O) groups excluding carboxylic acids is 1.